The Morgan fingerprint density at radius 1 is 1.03 bits per heavy atom. The Morgan fingerprint density at radius 3 is 2.14 bits per heavy atom. The molecule has 0 fully saturated rings. The molecule has 0 aromatic heterocycles. The summed E-state index contributed by atoms with van der Waals surface area (Å²) in [5, 5.41) is 7.65. The van der Waals surface area contributed by atoms with E-state index >= 15 is 0 Å². The van der Waals surface area contributed by atoms with Crippen LogP contribution in [-0.4, -0.2) is 26.4 Å². The molecule has 3 N–H and O–H groups in total. The predicted octanol–water partition coefficient (Wildman–Crippen LogP) is 3.03. The molecule has 156 valence electrons. The summed E-state index contributed by atoms with van der Waals surface area (Å²) in [5.74, 6) is -1.40. The number of hydrogen-bond acceptors (Lipinski definition) is 5. The average molecular weight is 419 g/mol. The highest BCUT2D eigenvalue weighted by Gasteiger charge is 2.30. The van der Waals surface area contributed by atoms with Gasteiger partial charge in [-0.05, 0) is 42.7 Å². The third-order valence-corrected chi connectivity index (χ3v) is 5.67. The molecule has 0 aliphatic rings. The van der Waals surface area contributed by atoms with Gasteiger partial charge in [-0.2, -0.15) is 0 Å². The minimum atomic E-state index is -3.81. The number of nitrogens with two attached hydrogens (primary N) is 1. The van der Waals surface area contributed by atoms with Crippen LogP contribution in [0.15, 0.2) is 59.5 Å². The molecule has 29 heavy (non-hydrogen) atoms. The van der Waals surface area contributed by atoms with Crippen molar-refractivity contribution >= 4 is 27.6 Å². The molecule has 2 aromatic rings. The van der Waals surface area contributed by atoms with Gasteiger partial charge in [-0.1, -0.05) is 50.6 Å². The normalized spacial score (nSPS) is 14.5. The number of ether oxygens (including phenoxy) is 1. The molecule has 3 atom stereocenters. The largest absolute Gasteiger partial charge is 0.452 e. The zero-order chi connectivity index (χ0) is 21.6. The summed E-state index contributed by atoms with van der Waals surface area (Å²) in [7, 11) is -3.81. The van der Waals surface area contributed by atoms with E-state index in [4.69, 9.17) is 9.88 Å². The van der Waals surface area contributed by atoms with Crippen LogP contribution in [0.3, 0.4) is 0 Å². The smallest absolute Gasteiger partial charge is 0.314 e. The summed E-state index contributed by atoms with van der Waals surface area (Å²) in [6.45, 7) is 5.45. The summed E-state index contributed by atoms with van der Waals surface area (Å²) in [4.78, 5) is 25.1. The molecule has 0 unspecified atom stereocenters. The lowest BCUT2D eigenvalue weighted by atomic mass is 9.85. The summed E-state index contributed by atoms with van der Waals surface area (Å²) in [6.07, 6.45) is -0.235. The van der Waals surface area contributed by atoms with E-state index in [1.807, 2.05) is 44.2 Å². The lowest BCUT2D eigenvalue weighted by Crippen LogP contribution is -2.33. The molecule has 7 nitrogen and oxygen atoms in total. The minimum Gasteiger partial charge on any atom is -0.452 e. The Kier molecular flexibility index (Phi) is 7.53. The highest BCUT2D eigenvalue weighted by molar-refractivity contribution is 7.89. The van der Waals surface area contributed by atoms with Crippen molar-refractivity contribution in [1.82, 2.24) is 0 Å². The van der Waals surface area contributed by atoms with Gasteiger partial charge in [0.15, 0.2) is 6.10 Å². The van der Waals surface area contributed by atoms with Gasteiger partial charge in [0.05, 0.1) is 10.8 Å². The molecule has 0 saturated carbocycles. The maximum Gasteiger partial charge on any atom is 0.314 e. The van der Waals surface area contributed by atoms with Crippen molar-refractivity contribution in [2.75, 3.05) is 5.32 Å². The van der Waals surface area contributed by atoms with Crippen LogP contribution in [0, 0.1) is 5.92 Å². The first-order valence-corrected chi connectivity index (χ1v) is 10.9. The second-order valence-corrected chi connectivity index (χ2v) is 8.47. The number of carbonyl (C=O) groups excluding carboxylic acids is 2. The number of nitrogens with one attached hydrogen (secondary N) is 1. The summed E-state index contributed by atoms with van der Waals surface area (Å²) in [5.41, 5.74) is 1.21. The van der Waals surface area contributed by atoms with E-state index in [0.29, 0.717) is 5.69 Å². The second kappa shape index (κ2) is 9.67. The standard InChI is InChI=1S/C21H26N2O5S/c1-4-14(2)19(16-8-6-5-7-9-16)21(25)28-15(3)20(24)23-17-10-12-18(13-11-17)29(22,26)27/h5-15,19H,4H2,1-3H3,(H,23,24)(H2,22,26,27)/t14-,15+,19+/m1/s1. The van der Waals surface area contributed by atoms with Gasteiger partial charge in [0.2, 0.25) is 10.0 Å². The van der Waals surface area contributed by atoms with E-state index in [-0.39, 0.29) is 10.8 Å². The number of anilines is 1. The predicted molar refractivity (Wildman–Crippen MR) is 111 cm³/mol. The zero-order valence-electron chi connectivity index (χ0n) is 16.7. The second-order valence-electron chi connectivity index (χ2n) is 6.91. The molecule has 2 aromatic carbocycles. The number of amides is 1. The van der Waals surface area contributed by atoms with Crippen molar-refractivity contribution in [2.24, 2.45) is 11.1 Å². The number of primary sulfonamides is 1. The van der Waals surface area contributed by atoms with Crippen molar-refractivity contribution in [1.29, 1.82) is 0 Å². The number of benzene rings is 2. The molecule has 1 amide bonds. The maximum absolute atomic E-state index is 12.8. The van der Waals surface area contributed by atoms with Gasteiger partial charge in [-0.15, -0.1) is 0 Å². The summed E-state index contributed by atoms with van der Waals surface area (Å²) < 4.78 is 28.0. The highest BCUT2D eigenvalue weighted by Crippen LogP contribution is 2.28. The zero-order valence-corrected chi connectivity index (χ0v) is 17.5. The first-order valence-electron chi connectivity index (χ1n) is 9.32. The van der Waals surface area contributed by atoms with E-state index in [1.54, 1.807) is 0 Å². The lowest BCUT2D eigenvalue weighted by molar-refractivity contribution is -0.155. The Balaban J connectivity index is 2.06. The van der Waals surface area contributed by atoms with Crippen LogP contribution >= 0.6 is 0 Å². The van der Waals surface area contributed by atoms with Gasteiger partial charge in [0.1, 0.15) is 0 Å². The lowest BCUT2D eigenvalue weighted by Gasteiger charge is -2.23. The van der Waals surface area contributed by atoms with Crippen LogP contribution in [-0.2, 0) is 24.3 Å². The number of rotatable bonds is 8. The molecule has 0 aliphatic carbocycles. The van der Waals surface area contributed by atoms with Crippen molar-refractivity contribution in [3.63, 3.8) is 0 Å². The number of sulfonamides is 1. The van der Waals surface area contributed by atoms with Gasteiger partial charge >= 0.3 is 5.97 Å². The fourth-order valence-corrected chi connectivity index (χ4v) is 3.38. The van der Waals surface area contributed by atoms with Crippen LogP contribution in [0.1, 0.15) is 38.7 Å². The van der Waals surface area contributed by atoms with E-state index in [9.17, 15) is 18.0 Å². The van der Waals surface area contributed by atoms with Gasteiger partial charge in [0.25, 0.3) is 5.91 Å². The van der Waals surface area contributed by atoms with Crippen molar-refractivity contribution in [3.05, 3.63) is 60.2 Å². The Morgan fingerprint density at radius 2 is 1.62 bits per heavy atom. The van der Waals surface area contributed by atoms with Crippen LogP contribution in [0.5, 0.6) is 0 Å². The van der Waals surface area contributed by atoms with Crippen LogP contribution in [0.4, 0.5) is 5.69 Å². The van der Waals surface area contributed by atoms with Crippen LogP contribution < -0.4 is 10.5 Å². The fraction of sp³-hybridized carbons (Fsp3) is 0.333. The van der Waals surface area contributed by atoms with E-state index < -0.39 is 33.9 Å². The summed E-state index contributed by atoms with van der Waals surface area (Å²) in [6, 6.07) is 14.7. The quantitative estimate of drug-likeness (QED) is 0.639. The third-order valence-electron chi connectivity index (χ3n) is 4.74. The molecule has 2 rings (SSSR count). The Labute approximate surface area is 171 Å². The molecule has 0 heterocycles. The van der Waals surface area contributed by atoms with Crippen LogP contribution in [0.25, 0.3) is 0 Å². The molecule has 0 saturated heterocycles. The van der Waals surface area contributed by atoms with Gasteiger partial charge in [0, 0.05) is 5.69 Å². The van der Waals surface area contributed by atoms with Crippen LogP contribution in [0.2, 0.25) is 0 Å². The number of hydrogen-bond donors (Lipinski definition) is 2. The minimum absolute atomic E-state index is 0.0471. The first kappa shape index (κ1) is 22.6. The third kappa shape index (κ3) is 6.13. The first-order chi connectivity index (χ1) is 13.6. The van der Waals surface area contributed by atoms with Crippen molar-refractivity contribution in [2.45, 2.75) is 44.1 Å². The maximum atomic E-state index is 12.8. The SMILES string of the molecule is CC[C@@H](C)[C@H](C(=O)O[C@@H](C)C(=O)Nc1ccc(S(N)(=O)=O)cc1)c1ccccc1. The van der Waals surface area contributed by atoms with E-state index in [0.717, 1.165) is 12.0 Å². The molecule has 8 heteroatoms. The molecular weight excluding hydrogens is 392 g/mol. The van der Waals surface area contributed by atoms with Crippen molar-refractivity contribution in [3.8, 4) is 0 Å². The van der Waals surface area contributed by atoms with E-state index in [2.05, 4.69) is 5.32 Å². The number of esters is 1. The van der Waals surface area contributed by atoms with E-state index in [1.165, 1.54) is 31.2 Å². The number of carbonyl (C=O) groups is 2. The van der Waals surface area contributed by atoms with Crippen molar-refractivity contribution < 1.29 is 22.7 Å². The summed E-state index contributed by atoms with van der Waals surface area (Å²) >= 11 is 0. The highest BCUT2D eigenvalue weighted by atomic mass is 32.2. The van der Waals surface area contributed by atoms with Gasteiger partial charge < -0.3 is 10.1 Å². The molecule has 0 spiro atoms. The molecule has 0 radical (unpaired) electrons. The Hall–Kier alpha value is -2.71. The Bertz CT molecular complexity index is 943. The molecule has 0 aliphatic heterocycles. The monoisotopic (exact) mass is 418 g/mol. The van der Waals surface area contributed by atoms with Gasteiger partial charge in [-0.25, -0.2) is 13.6 Å². The fourth-order valence-electron chi connectivity index (χ4n) is 2.87. The molecular formula is C21H26N2O5S. The molecule has 0 bridgehead atoms. The van der Waals surface area contributed by atoms with Gasteiger partial charge in [-0.3, -0.25) is 9.59 Å². The topological polar surface area (TPSA) is 116 Å². The average Bonchev–Trinajstić information content (AvgIpc) is 2.68.